The quantitative estimate of drug-likeness (QED) is 0.251. The molecule has 3 aromatic rings. The maximum absolute atomic E-state index is 14.7. The van der Waals surface area contributed by atoms with Crippen molar-refractivity contribution in [1.82, 2.24) is 25.1 Å². The zero-order valence-electron chi connectivity index (χ0n) is 18.4. The number of nitrogens with zero attached hydrogens (tertiary/aromatic N) is 4. The van der Waals surface area contributed by atoms with Crippen molar-refractivity contribution >= 4 is 41.3 Å². The van der Waals surface area contributed by atoms with E-state index in [1.807, 2.05) is 13.0 Å². The summed E-state index contributed by atoms with van der Waals surface area (Å²) in [6, 6.07) is 9.94. The van der Waals surface area contributed by atoms with Crippen molar-refractivity contribution in [3.63, 3.8) is 0 Å². The van der Waals surface area contributed by atoms with Crippen LogP contribution in [0.1, 0.15) is 35.1 Å². The molecule has 2 N–H and O–H groups in total. The van der Waals surface area contributed by atoms with Crippen molar-refractivity contribution in [1.29, 1.82) is 0 Å². The van der Waals surface area contributed by atoms with E-state index in [2.05, 4.69) is 43.0 Å². The SMILES string of the molecule is CN=C(NCc1ccc(-n2ccnc2C)c(F)c1)NCC(c1cccs1)N1CCCC1.I. The maximum atomic E-state index is 14.7. The largest absolute Gasteiger partial charge is 0.354 e. The monoisotopic (exact) mass is 568 g/mol. The number of rotatable bonds is 7. The smallest absolute Gasteiger partial charge is 0.191 e. The zero-order valence-corrected chi connectivity index (χ0v) is 21.6. The Bertz CT molecular complexity index is 1010. The zero-order chi connectivity index (χ0) is 21.6. The number of aryl methyl sites for hydroxylation is 1. The molecule has 6 nitrogen and oxygen atoms in total. The van der Waals surface area contributed by atoms with Crippen LogP contribution in [0, 0.1) is 12.7 Å². The molecule has 1 aromatic carbocycles. The van der Waals surface area contributed by atoms with E-state index in [0.717, 1.165) is 37.0 Å². The normalized spacial score (nSPS) is 15.4. The molecular formula is C23H30FIN6S. The number of halogens is 2. The first-order chi connectivity index (χ1) is 15.2. The molecule has 32 heavy (non-hydrogen) atoms. The number of imidazole rings is 1. The highest BCUT2D eigenvalue weighted by molar-refractivity contribution is 14.0. The van der Waals surface area contributed by atoms with E-state index < -0.39 is 0 Å². The number of hydrogen-bond acceptors (Lipinski definition) is 4. The summed E-state index contributed by atoms with van der Waals surface area (Å²) in [6.07, 6.45) is 5.96. The molecule has 4 rings (SSSR count). The average molecular weight is 569 g/mol. The first-order valence-electron chi connectivity index (χ1n) is 10.7. The average Bonchev–Trinajstić information content (AvgIpc) is 3.54. The lowest BCUT2D eigenvalue weighted by molar-refractivity contribution is 0.249. The molecule has 1 unspecified atom stereocenters. The van der Waals surface area contributed by atoms with Gasteiger partial charge in [-0.05, 0) is 62.0 Å². The van der Waals surface area contributed by atoms with Crippen LogP contribution < -0.4 is 10.6 Å². The van der Waals surface area contributed by atoms with Gasteiger partial charge in [0, 0.05) is 37.4 Å². The van der Waals surface area contributed by atoms with Gasteiger partial charge in [0.05, 0.1) is 11.7 Å². The van der Waals surface area contributed by atoms with E-state index in [1.54, 1.807) is 47.5 Å². The lowest BCUT2D eigenvalue weighted by atomic mass is 10.2. The Morgan fingerprint density at radius 2 is 2.06 bits per heavy atom. The van der Waals surface area contributed by atoms with E-state index in [9.17, 15) is 4.39 Å². The van der Waals surface area contributed by atoms with Gasteiger partial charge in [-0.3, -0.25) is 9.89 Å². The molecule has 0 radical (unpaired) electrons. The Labute approximate surface area is 210 Å². The number of nitrogens with one attached hydrogen (secondary N) is 2. The number of hydrogen-bond donors (Lipinski definition) is 2. The number of aromatic nitrogens is 2. The van der Waals surface area contributed by atoms with Gasteiger partial charge >= 0.3 is 0 Å². The standard InChI is InChI=1S/C23H29FN6S.HI/c1-17-26-9-12-30(17)20-8-7-18(14-19(20)24)15-27-23(25-2)28-16-21(22-6-5-13-31-22)29-10-3-4-11-29;/h5-9,12-14,21H,3-4,10-11,15-16H2,1-2H3,(H2,25,27,28);1H. The van der Waals surface area contributed by atoms with Gasteiger partial charge in [0.2, 0.25) is 0 Å². The lowest BCUT2D eigenvalue weighted by Crippen LogP contribution is -2.42. The number of benzene rings is 1. The van der Waals surface area contributed by atoms with E-state index in [0.29, 0.717) is 18.3 Å². The van der Waals surface area contributed by atoms with Crippen molar-refractivity contribution in [2.24, 2.45) is 4.99 Å². The van der Waals surface area contributed by atoms with Crippen molar-refractivity contribution in [2.45, 2.75) is 32.4 Å². The Hall–Kier alpha value is -1.98. The topological polar surface area (TPSA) is 57.5 Å². The lowest BCUT2D eigenvalue weighted by Gasteiger charge is -2.27. The Morgan fingerprint density at radius 3 is 2.69 bits per heavy atom. The van der Waals surface area contributed by atoms with E-state index in [-0.39, 0.29) is 29.8 Å². The van der Waals surface area contributed by atoms with Gasteiger partial charge in [0.1, 0.15) is 11.6 Å². The van der Waals surface area contributed by atoms with Gasteiger partial charge in [-0.15, -0.1) is 35.3 Å². The van der Waals surface area contributed by atoms with E-state index in [1.165, 1.54) is 17.7 Å². The number of guanidine groups is 1. The van der Waals surface area contributed by atoms with Gasteiger partial charge in [0.15, 0.2) is 5.96 Å². The van der Waals surface area contributed by atoms with Crippen LogP contribution in [0.3, 0.4) is 0 Å². The fourth-order valence-corrected chi connectivity index (χ4v) is 4.89. The Morgan fingerprint density at radius 1 is 1.25 bits per heavy atom. The van der Waals surface area contributed by atoms with Gasteiger partial charge in [-0.1, -0.05) is 12.1 Å². The van der Waals surface area contributed by atoms with Crippen LogP contribution in [0.2, 0.25) is 0 Å². The number of aliphatic imine (C=N–C) groups is 1. The number of likely N-dealkylation sites (tertiary alicyclic amines) is 1. The third-order valence-corrected chi connectivity index (χ3v) is 6.67. The van der Waals surface area contributed by atoms with Crippen LogP contribution in [0.4, 0.5) is 4.39 Å². The van der Waals surface area contributed by atoms with Crippen LogP contribution in [0.15, 0.2) is 53.1 Å². The molecule has 172 valence electrons. The fourth-order valence-electron chi connectivity index (χ4n) is 4.03. The molecule has 0 bridgehead atoms. The highest BCUT2D eigenvalue weighted by atomic mass is 127. The molecule has 3 heterocycles. The summed E-state index contributed by atoms with van der Waals surface area (Å²) in [6.45, 7) is 5.41. The minimum Gasteiger partial charge on any atom is -0.354 e. The van der Waals surface area contributed by atoms with Crippen molar-refractivity contribution in [2.75, 3.05) is 26.7 Å². The summed E-state index contributed by atoms with van der Waals surface area (Å²) in [5.74, 6) is 1.21. The second-order valence-electron chi connectivity index (χ2n) is 7.71. The molecule has 2 aromatic heterocycles. The van der Waals surface area contributed by atoms with Crippen LogP contribution in [-0.2, 0) is 6.54 Å². The molecule has 1 atom stereocenters. The first-order valence-corrected chi connectivity index (χ1v) is 11.5. The van der Waals surface area contributed by atoms with E-state index in [4.69, 9.17) is 0 Å². The highest BCUT2D eigenvalue weighted by Gasteiger charge is 2.24. The van der Waals surface area contributed by atoms with Crippen molar-refractivity contribution in [3.8, 4) is 5.69 Å². The summed E-state index contributed by atoms with van der Waals surface area (Å²) in [5, 5.41) is 8.90. The molecule has 0 spiro atoms. The van der Waals surface area contributed by atoms with Gasteiger partial charge in [-0.2, -0.15) is 0 Å². The predicted octanol–water partition coefficient (Wildman–Crippen LogP) is 4.50. The summed E-state index contributed by atoms with van der Waals surface area (Å²) < 4.78 is 16.4. The fraction of sp³-hybridized carbons (Fsp3) is 0.391. The summed E-state index contributed by atoms with van der Waals surface area (Å²) in [7, 11) is 1.76. The van der Waals surface area contributed by atoms with Crippen molar-refractivity contribution in [3.05, 3.63) is 70.2 Å². The van der Waals surface area contributed by atoms with Crippen LogP contribution in [0.25, 0.3) is 5.69 Å². The van der Waals surface area contributed by atoms with Crippen molar-refractivity contribution < 1.29 is 4.39 Å². The molecule has 1 aliphatic rings. The Balaban J connectivity index is 0.00000289. The maximum Gasteiger partial charge on any atom is 0.191 e. The molecule has 0 amide bonds. The van der Waals surface area contributed by atoms with Crippen LogP contribution in [-0.4, -0.2) is 47.1 Å². The number of thiophene rings is 1. The molecule has 9 heteroatoms. The second-order valence-corrected chi connectivity index (χ2v) is 8.69. The molecule has 0 aliphatic carbocycles. The van der Waals surface area contributed by atoms with E-state index >= 15 is 0 Å². The van der Waals surface area contributed by atoms with Gasteiger partial charge in [-0.25, -0.2) is 9.37 Å². The molecule has 1 saturated heterocycles. The summed E-state index contributed by atoms with van der Waals surface area (Å²) in [5.41, 5.74) is 1.36. The molecular weight excluding hydrogens is 538 g/mol. The minimum absolute atomic E-state index is 0. The molecule has 1 aliphatic heterocycles. The minimum atomic E-state index is -0.268. The molecule has 1 fully saturated rings. The van der Waals surface area contributed by atoms with Crippen LogP contribution in [0.5, 0.6) is 0 Å². The predicted molar refractivity (Wildman–Crippen MR) is 140 cm³/mol. The summed E-state index contributed by atoms with van der Waals surface area (Å²) in [4.78, 5) is 12.4. The molecule has 0 saturated carbocycles. The van der Waals surface area contributed by atoms with Gasteiger partial charge < -0.3 is 15.2 Å². The second kappa shape index (κ2) is 11.8. The first kappa shape index (κ1) is 24.7. The third kappa shape index (κ3) is 5.87. The third-order valence-electron chi connectivity index (χ3n) is 5.70. The Kier molecular flexibility index (Phi) is 9.06. The van der Waals surface area contributed by atoms with Crippen LogP contribution >= 0.6 is 35.3 Å². The summed E-state index contributed by atoms with van der Waals surface area (Å²) >= 11 is 1.80. The van der Waals surface area contributed by atoms with Gasteiger partial charge in [0.25, 0.3) is 0 Å². The highest BCUT2D eigenvalue weighted by Crippen LogP contribution is 2.27.